The van der Waals surface area contributed by atoms with Crippen molar-refractivity contribution in [3.63, 3.8) is 0 Å². The summed E-state index contributed by atoms with van der Waals surface area (Å²) in [6.07, 6.45) is 6.04. The summed E-state index contributed by atoms with van der Waals surface area (Å²) in [6, 6.07) is 3.87. The van der Waals surface area contributed by atoms with Crippen LogP contribution in [0, 0.1) is 12.3 Å². The third-order valence-corrected chi connectivity index (χ3v) is 5.49. The van der Waals surface area contributed by atoms with Crippen LogP contribution in [0.4, 0.5) is 0 Å². The Kier molecular flexibility index (Phi) is 2.41. The molecule has 2 bridgehead atoms. The molecule has 24 heavy (non-hydrogen) atoms. The number of esters is 1. The standard InChI is InChI=1S/C17H16N4O3/c1-10-6-18-12-5-11(3-4-21(10)12)13-19-14(20-24-13)16-7-17(8-16,9-16)15(22)23-2/h3-6H,7-9H2,1-2H3. The van der Waals surface area contributed by atoms with Gasteiger partial charge in [0.1, 0.15) is 5.65 Å². The van der Waals surface area contributed by atoms with Crippen molar-refractivity contribution in [2.45, 2.75) is 31.6 Å². The maximum absolute atomic E-state index is 11.8. The summed E-state index contributed by atoms with van der Waals surface area (Å²) in [4.78, 5) is 20.7. The average molecular weight is 324 g/mol. The molecule has 0 N–H and O–H groups in total. The maximum atomic E-state index is 11.8. The van der Waals surface area contributed by atoms with Gasteiger partial charge in [-0.3, -0.25) is 4.79 Å². The number of nitrogens with zero attached hydrogens (tertiary/aromatic N) is 4. The lowest BCUT2D eigenvalue weighted by molar-refractivity contribution is -0.199. The number of aromatic nitrogens is 4. The Morgan fingerprint density at radius 1 is 1.38 bits per heavy atom. The third kappa shape index (κ3) is 1.56. The number of hydrogen-bond acceptors (Lipinski definition) is 6. The van der Waals surface area contributed by atoms with Crippen molar-refractivity contribution in [3.8, 4) is 11.5 Å². The van der Waals surface area contributed by atoms with Crippen molar-refractivity contribution >= 4 is 11.6 Å². The van der Waals surface area contributed by atoms with E-state index < -0.39 is 0 Å². The van der Waals surface area contributed by atoms with Crippen LogP contribution in [0.3, 0.4) is 0 Å². The number of hydrogen-bond donors (Lipinski definition) is 0. The van der Waals surface area contributed by atoms with E-state index in [4.69, 9.17) is 9.26 Å². The molecule has 0 saturated heterocycles. The average Bonchev–Trinajstić information content (AvgIpc) is 3.12. The summed E-state index contributed by atoms with van der Waals surface area (Å²) in [7, 11) is 1.44. The molecule has 3 aliphatic carbocycles. The zero-order chi connectivity index (χ0) is 16.5. The highest BCUT2D eigenvalue weighted by molar-refractivity contribution is 5.82. The van der Waals surface area contributed by atoms with Crippen LogP contribution in [-0.4, -0.2) is 32.6 Å². The van der Waals surface area contributed by atoms with Crippen molar-refractivity contribution in [2.24, 2.45) is 5.41 Å². The van der Waals surface area contributed by atoms with Crippen LogP contribution in [0.2, 0.25) is 0 Å². The van der Waals surface area contributed by atoms with Crippen molar-refractivity contribution in [1.82, 2.24) is 19.5 Å². The van der Waals surface area contributed by atoms with Crippen LogP contribution in [0.15, 0.2) is 29.0 Å². The van der Waals surface area contributed by atoms with Crippen molar-refractivity contribution in [3.05, 3.63) is 36.0 Å². The van der Waals surface area contributed by atoms with Crippen LogP contribution in [0.25, 0.3) is 17.1 Å². The van der Waals surface area contributed by atoms with Gasteiger partial charge < -0.3 is 13.7 Å². The predicted molar refractivity (Wildman–Crippen MR) is 83.2 cm³/mol. The van der Waals surface area contributed by atoms with E-state index in [0.717, 1.165) is 36.2 Å². The fraction of sp³-hybridized carbons (Fsp3) is 0.412. The van der Waals surface area contributed by atoms with Gasteiger partial charge in [0, 0.05) is 29.1 Å². The van der Waals surface area contributed by atoms with Crippen molar-refractivity contribution < 1.29 is 14.1 Å². The number of fused-ring (bicyclic) bond motifs is 1. The van der Waals surface area contributed by atoms with Gasteiger partial charge in [-0.15, -0.1) is 0 Å². The molecule has 122 valence electrons. The summed E-state index contributed by atoms with van der Waals surface area (Å²) in [6.45, 7) is 2.00. The first-order chi connectivity index (χ1) is 11.6. The highest BCUT2D eigenvalue weighted by atomic mass is 16.5. The summed E-state index contributed by atoms with van der Waals surface area (Å²) in [5, 5.41) is 4.16. The predicted octanol–water partition coefficient (Wildman–Crippen LogP) is 2.29. The van der Waals surface area contributed by atoms with Crippen LogP contribution in [-0.2, 0) is 14.9 Å². The molecule has 3 aromatic rings. The molecule has 0 aromatic carbocycles. The third-order valence-electron chi connectivity index (χ3n) is 5.49. The molecular formula is C17H16N4O3. The van der Waals surface area contributed by atoms with Gasteiger partial charge in [-0.2, -0.15) is 4.98 Å². The zero-order valence-electron chi connectivity index (χ0n) is 13.4. The summed E-state index contributed by atoms with van der Waals surface area (Å²) in [5.41, 5.74) is 2.36. The molecule has 3 fully saturated rings. The Morgan fingerprint density at radius 2 is 2.17 bits per heavy atom. The number of aryl methyl sites for hydroxylation is 1. The van der Waals surface area contributed by atoms with E-state index in [-0.39, 0.29) is 16.8 Å². The van der Waals surface area contributed by atoms with E-state index in [2.05, 4.69) is 15.1 Å². The van der Waals surface area contributed by atoms with E-state index in [1.807, 2.05) is 35.9 Å². The molecule has 0 amide bonds. The van der Waals surface area contributed by atoms with Gasteiger partial charge in [0.2, 0.25) is 0 Å². The summed E-state index contributed by atoms with van der Waals surface area (Å²) >= 11 is 0. The lowest BCUT2D eigenvalue weighted by Crippen LogP contribution is -2.68. The minimum Gasteiger partial charge on any atom is -0.469 e. The van der Waals surface area contributed by atoms with Crippen molar-refractivity contribution in [1.29, 1.82) is 0 Å². The molecule has 0 atom stereocenters. The van der Waals surface area contributed by atoms with Crippen LogP contribution in [0.5, 0.6) is 0 Å². The SMILES string of the molecule is COC(=O)C12CC(c3noc(-c4ccn5c(C)cnc5c4)n3)(C1)C2. The molecular weight excluding hydrogens is 308 g/mol. The van der Waals surface area contributed by atoms with Gasteiger partial charge in [-0.25, -0.2) is 4.98 Å². The van der Waals surface area contributed by atoms with Crippen LogP contribution in [0.1, 0.15) is 30.8 Å². The van der Waals surface area contributed by atoms with Crippen molar-refractivity contribution in [2.75, 3.05) is 7.11 Å². The van der Waals surface area contributed by atoms with Crippen LogP contribution >= 0.6 is 0 Å². The van der Waals surface area contributed by atoms with Gasteiger partial charge in [0.25, 0.3) is 5.89 Å². The number of imidazole rings is 1. The molecule has 7 nitrogen and oxygen atoms in total. The Labute approximate surface area is 137 Å². The Morgan fingerprint density at radius 3 is 2.92 bits per heavy atom. The highest BCUT2D eigenvalue weighted by Gasteiger charge is 2.74. The van der Waals surface area contributed by atoms with Gasteiger partial charge >= 0.3 is 5.97 Å². The Hall–Kier alpha value is -2.70. The van der Waals surface area contributed by atoms with E-state index in [0.29, 0.717) is 11.7 Å². The quantitative estimate of drug-likeness (QED) is 0.687. The number of rotatable bonds is 3. The zero-order valence-corrected chi connectivity index (χ0v) is 13.4. The second-order valence-corrected chi connectivity index (χ2v) is 7.05. The normalized spacial score (nSPS) is 27.6. The molecule has 6 rings (SSSR count). The molecule has 3 aliphatic rings. The minimum absolute atomic E-state index is 0.107. The van der Waals surface area contributed by atoms with E-state index in [1.54, 1.807) is 0 Å². The highest BCUT2D eigenvalue weighted by Crippen LogP contribution is 2.73. The number of ether oxygens (including phenoxy) is 1. The second kappa shape index (κ2) is 4.23. The fourth-order valence-electron chi connectivity index (χ4n) is 4.25. The van der Waals surface area contributed by atoms with Crippen LogP contribution < -0.4 is 0 Å². The number of carbonyl (C=O) groups excluding carboxylic acids is 1. The summed E-state index contributed by atoms with van der Waals surface area (Å²) < 4.78 is 12.3. The maximum Gasteiger partial charge on any atom is 0.311 e. The molecule has 7 heteroatoms. The van der Waals surface area contributed by atoms with Gasteiger partial charge in [-0.1, -0.05) is 5.16 Å². The van der Waals surface area contributed by atoms with Gasteiger partial charge in [0.15, 0.2) is 5.82 Å². The first-order valence-corrected chi connectivity index (χ1v) is 7.92. The second-order valence-electron chi connectivity index (χ2n) is 7.05. The molecule has 0 unspecified atom stereocenters. The number of methoxy groups -OCH3 is 1. The van der Waals surface area contributed by atoms with E-state index in [9.17, 15) is 4.79 Å². The fourth-order valence-corrected chi connectivity index (χ4v) is 4.25. The van der Waals surface area contributed by atoms with Gasteiger partial charge in [-0.05, 0) is 38.3 Å². The smallest absolute Gasteiger partial charge is 0.311 e. The largest absolute Gasteiger partial charge is 0.469 e. The molecule has 0 radical (unpaired) electrons. The Balaban J connectivity index is 1.43. The molecule has 3 saturated carbocycles. The molecule has 0 spiro atoms. The first-order valence-electron chi connectivity index (χ1n) is 7.92. The molecule has 0 aliphatic heterocycles. The number of carbonyl (C=O) groups is 1. The van der Waals surface area contributed by atoms with E-state index in [1.165, 1.54) is 7.11 Å². The Bertz CT molecular complexity index is 967. The lowest BCUT2D eigenvalue weighted by atomic mass is 9.35. The van der Waals surface area contributed by atoms with Gasteiger partial charge in [0.05, 0.1) is 12.5 Å². The first kappa shape index (κ1) is 13.7. The minimum atomic E-state index is -0.304. The molecule has 3 heterocycles. The number of pyridine rings is 1. The lowest BCUT2D eigenvalue weighted by Gasteiger charge is -2.66. The monoisotopic (exact) mass is 324 g/mol. The topological polar surface area (TPSA) is 82.5 Å². The molecule has 3 aromatic heterocycles. The van der Waals surface area contributed by atoms with E-state index >= 15 is 0 Å². The summed E-state index contributed by atoms with van der Waals surface area (Å²) in [5.74, 6) is 1.07.